The van der Waals surface area contributed by atoms with E-state index >= 15 is 0 Å². The molecule has 3 aromatic rings. The van der Waals surface area contributed by atoms with E-state index in [9.17, 15) is 9.18 Å². The summed E-state index contributed by atoms with van der Waals surface area (Å²) in [5, 5.41) is 1.96. The molecule has 0 bridgehead atoms. The fourth-order valence-electron chi connectivity index (χ4n) is 4.55. The zero-order valence-corrected chi connectivity index (χ0v) is 23.7. The lowest BCUT2D eigenvalue weighted by molar-refractivity contribution is -0.171. The first kappa shape index (κ1) is 28.3. The van der Waals surface area contributed by atoms with Gasteiger partial charge in [-0.05, 0) is 70.7 Å². The second-order valence-corrected chi connectivity index (χ2v) is 11.8. The second-order valence-electron chi connectivity index (χ2n) is 10.5. The molecule has 204 valence electrons. The topological polar surface area (TPSA) is 74.9 Å². The van der Waals surface area contributed by atoms with Gasteiger partial charge in [-0.1, -0.05) is 23.7 Å². The molecule has 4 rings (SSSR count). The van der Waals surface area contributed by atoms with Crippen molar-refractivity contribution in [3.63, 3.8) is 0 Å². The minimum Gasteiger partial charge on any atom is -0.487 e. The molecule has 0 unspecified atom stereocenters. The van der Waals surface area contributed by atoms with E-state index in [0.717, 1.165) is 10.5 Å². The van der Waals surface area contributed by atoms with Gasteiger partial charge >= 0.3 is 5.97 Å². The number of carbonyl (C=O) groups is 1. The molecule has 1 fully saturated rings. The maximum atomic E-state index is 14.4. The van der Waals surface area contributed by atoms with Gasteiger partial charge in [0, 0.05) is 30.8 Å². The van der Waals surface area contributed by atoms with Gasteiger partial charge in [-0.25, -0.2) is 14.4 Å². The average molecular weight is 562 g/mol. The Morgan fingerprint density at radius 3 is 2.68 bits per heavy atom. The Kier molecular flexibility index (Phi) is 8.90. The van der Waals surface area contributed by atoms with E-state index < -0.39 is 16.8 Å². The standard InChI is InChI=1S/C28H33ClFN3O4S/c1-27(2,3)37-25(34)28(13-11-20(12-14-28)36-22-9-6-8-21(29)24(22)30)17-19-7-5-10-23(31-19)32-26-33(18-35-4)15-16-38-26/h5-10,15-16,20H,11-14,17-18H2,1-4H3. The summed E-state index contributed by atoms with van der Waals surface area (Å²) in [7, 11) is 1.63. The van der Waals surface area contributed by atoms with E-state index in [-0.39, 0.29) is 22.8 Å². The third kappa shape index (κ3) is 7.01. The average Bonchev–Trinajstić information content (AvgIpc) is 3.29. The molecule has 0 amide bonds. The van der Waals surface area contributed by atoms with E-state index in [1.165, 1.54) is 17.4 Å². The molecule has 1 aliphatic rings. The van der Waals surface area contributed by atoms with E-state index in [2.05, 4.69) is 4.99 Å². The van der Waals surface area contributed by atoms with Crippen molar-refractivity contribution in [3.8, 4) is 5.75 Å². The van der Waals surface area contributed by atoms with E-state index in [0.29, 0.717) is 44.7 Å². The number of aromatic nitrogens is 2. The van der Waals surface area contributed by atoms with Gasteiger partial charge in [0.2, 0.25) is 0 Å². The molecule has 10 heteroatoms. The highest BCUT2D eigenvalue weighted by Crippen LogP contribution is 2.42. The SMILES string of the molecule is COCn1ccsc1=Nc1cccc(CC2(C(=O)OC(C)(C)C)CCC(Oc3cccc(Cl)c3F)CC2)n1. The molecule has 0 N–H and O–H groups in total. The molecular weight excluding hydrogens is 529 g/mol. The summed E-state index contributed by atoms with van der Waals surface area (Å²) >= 11 is 7.41. The zero-order chi connectivity index (χ0) is 27.3. The van der Waals surface area contributed by atoms with Crippen LogP contribution in [-0.2, 0) is 27.4 Å². The number of carbonyl (C=O) groups excluding carboxylic acids is 1. The Balaban J connectivity index is 1.56. The van der Waals surface area contributed by atoms with Crippen LogP contribution in [-0.4, -0.2) is 34.3 Å². The van der Waals surface area contributed by atoms with Crippen molar-refractivity contribution < 1.29 is 23.4 Å². The summed E-state index contributed by atoms with van der Waals surface area (Å²) in [6, 6.07) is 10.4. The van der Waals surface area contributed by atoms with E-state index in [1.54, 1.807) is 19.2 Å². The smallest absolute Gasteiger partial charge is 0.312 e. The minimum absolute atomic E-state index is 0.0214. The van der Waals surface area contributed by atoms with Gasteiger partial charge in [0.25, 0.3) is 0 Å². The van der Waals surface area contributed by atoms with Crippen LogP contribution >= 0.6 is 22.9 Å². The van der Waals surface area contributed by atoms with Crippen LogP contribution in [0.1, 0.15) is 52.1 Å². The molecule has 0 spiro atoms. The summed E-state index contributed by atoms with van der Waals surface area (Å²) in [5.74, 6) is -0.136. The van der Waals surface area contributed by atoms with Crippen molar-refractivity contribution in [2.75, 3.05) is 7.11 Å². The number of thiazole rings is 1. The largest absolute Gasteiger partial charge is 0.487 e. The van der Waals surface area contributed by atoms with Crippen LogP contribution in [0.2, 0.25) is 5.02 Å². The van der Waals surface area contributed by atoms with Gasteiger partial charge in [0.1, 0.15) is 12.3 Å². The molecule has 0 radical (unpaired) electrons. The van der Waals surface area contributed by atoms with Crippen LogP contribution < -0.4 is 9.54 Å². The quantitative estimate of drug-likeness (QED) is 0.295. The van der Waals surface area contributed by atoms with Crippen molar-refractivity contribution in [2.45, 2.75) is 71.3 Å². The molecule has 1 aliphatic carbocycles. The van der Waals surface area contributed by atoms with Gasteiger partial charge in [0.15, 0.2) is 22.2 Å². The predicted octanol–water partition coefficient (Wildman–Crippen LogP) is 6.47. The number of ether oxygens (including phenoxy) is 3. The fourth-order valence-corrected chi connectivity index (χ4v) is 5.44. The van der Waals surface area contributed by atoms with Crippen molar-refractivity contribution in [2.24, 2.45) is 10.4 Å². The molecule has 1 saturated carbocycles. The van der Waals surface area contributed by atoms with Crippen LogP contribution in [0.25, 0.3) is 0 Å². The highest BCUT2D eigenvalue weighted by molar-refractivity contribution is 7.07. The number of nitrogens with zero attached hydrogens (tertiary/aromatic N) is 3. The van der Waals surface area contributed by atoms with Gasteiger partial charge in [-0.15, -0.1) is 11.3 Å². The lowest BCUT2D eigenvalue weighted by atomic mass is 9.70. The third-order valence-electron chi connectivity index (χ3n) is 6.38. The van der Waals surface area contributed by atoms with Gasteiger partial charge in [0.05, 0.1) is 16.5 Å². The lowest BCUT2D eigenvalue weighted by Gasteiger charge is -2.39. The number of halogens is 2. The van der Waals surface area contributed by atoms with E-state index in [1.807, 2.05) is 55.1 Å². The zero-order valence-electron chi connectivity index (χ0n) is 22.1. The summed E-state index contributed by atoms with van der Waals surface area (Å²) in [5.41, 5.74) is -0.642. The molecule has 1 aromatic carbocycles. The normalized spacial score (nSPS) is 20.4. The number of benzene rings is 1. The maximum absolute atomic E-state index is 14.4. The van der Waals surface area contributed by atoms with Gasteiger partial charge < -0.3 is 14.2 Å². The highest BCUT2D eigenvalue weighted by atomic mass is 35.5. The molecule has 0 saturated heterocycles. The Bertz CT molecular complexity index is 1330. The van der Waals surface area contributed by atoms with Crippen molar-refractivity contribution in [3.05, 3.63) is 69.3 Å². The number of hydrogen-bond donors (Lipinski definition) is 0. The monoisotopic (exact) mass is 561 g/mol. The molecule has 2 heterocycles. The summed E-state index contributed by atoms with van der Waals surface area (Å²) in [6.45, 7) is 5.99. The summed E-state index contributed by atoms with van der Waals surface area (Å²) in [4.78, 5) is 23.8. The third-order valence-corrected chi connectivity index (χ3v) is 7.47. The predicted molar refractivity (Wildman–Crippen MR) is 145 cm³/mol. The number of hydrogen-bond acceptors (Lipinski definition) is 7. The first-order valence-corrected chi connectivity index (χ1v) is 13.8. The van der Waals surface area contributed by atoms with Crippen LogP contribution in [0, 0.1) is 11.2 Å². The van der Waals surface area contributed by atoms with Gasteiger partial charge in [-0.3, -0.25) is 9.36 Å². The van der Waals surface area contributed by atoms with Crippen LogP contribution in [0.15, 0.2) is 53.0 Å². The van der Waals surface area contributed by atoms with E-state index in [4.69, 9.17) is 30.8 Å². The highest BCUT2D eigenvalue weighted by Gasteiger charge is 2.45. The van der Waals surface area contributed by atoms with Crippen LogP contribution in [0.5, 0.6) is 5.75 Å². The number of rotatable bonds is 8. The Morgan fingerprint density at radius 2 is 1.97 bits per heavy atom. The Morgan fingerprint density at radius 1 is 1.24 bits per heavy atom. The minimum atomic E-state index is -0.773. The molecule has 0 aliphatic heterocycles. The fraction of sp³-hybridized carbons (Fsp3) is 0.464. The Labute approximate surface area is 231 Å². The number of methoxy groups -OCH3 is 1. The molecular formula is C28H33ClFN3O4S. The first-order chi connectivity index (χ1) is 18.1. The summed E-state index contributed by atoms with van der Waals surface area (Å²) in [6.07, 6.45) is 4.27. The number of esters is 1. The maximum Gasteiger partial charge on any atom is 0.312 e. The van der Waals surface area contributed by atoms with Crippen molar-refractivity contribution in [1.29, 1.82) is 0 Å². The van der Waals surface area contributed by atoms with Crippen molar-refractivity contribution in [1.82, 2.24) is 9.55 Å². The second kappa shape index (κ2) is 12.0. The van der Waals surface area contributed by atoms with Crippen LogP contribution in [0.4, 0.5) is 10.2 Å². The lowest BCUT2D eigenvalue weighted by Crippen LogP contribution is -2.44. The molecule has 2 aromatic heterocycles. The molecule has 38 heavy (non-hydrogen) atoms. The first-order valence-electron chi connectivity index (χ1n) is 12.6. The van der Waals surface area contributed by atoms with Crippen LogP contribution in [0.3, 0.4) is 0 Å². The summed E-state index contributed by atoms with van der Waals surface area (Å²) < 4.78 is 33.3. The van der Waals surface area contributed by atoms with Gasteiger partial charge in [-0.2, -0.15) is 0 Å². The van der Waals surface area contributed by atoms with Crippen molar-refractivity contribution >= 4 is 34.7 Å². The molecule has 7 nitrogen and oxygen atoms in total. The Hall–Kier alpha value is -2.75. The molecule has 0 atom stereocenters. The number of pyridine rings is 1.